The van der Waals surface area contributed by atoms with Crippen molar-refractivity contribution in [1.82, 2.24) is 19.5 Å². The monoisotopic (exact) mass is 337 g/mol. The number of hydrogen-bond donors (Lipinski definition) is 1. The molecule has 0 aromatic carbocycles. The van der Waals surface area contributed by atoms with Gasteiger partial charge in [0.1, 0.15) is 6.23 Å². The molecule has 0 spiro atoms. The number of anilines is 1. The predicted molar refractivity (Wildman–Crippen MR) is 86.6 cm³/mol. The van der Waals surface area contributed by atoms with Gasteiger partial charge in [0.2, 0.25) is 5.28 Å². The van der Waals surface area contributed by atoms with Crippen molar-refractivity contribution in [2.45, 2.75) is 44.4 Å². The molecule has 2 saturated heterocycles. The fraction of sp³-hybridized carbons (Fsp3) is 0.667. The molecular formula is C15H20ClN5O2. The van der Waals surface area contributed by atoms with Crippen molar-refractivity contribution in [2.75, 3.05) is 24.6 Å². The molecule has 1 N–H and O–H groups in total. The SMILES string of the molecule is OC1CCN(c2nc(Cl)nc3c2ncn3C2CCCCO2)CC1. The highest BCUT2D eigenvalue weighted by Gasteiger charge is 2.25. The number of imidazole rings is 1. The van der Waals surface area contributed by atoms with Gasteiger partial charge in [0, 0.05) is 19.7 Å². The molecule has 0 radical (unpaired) electrons. The van der Waals surface area contributed by atoms with Crippen LogP contribution in [-0.4, -0.2) is 50.4 Å². The molecule has 8 heteroatoms. The minimum absolute atomic E-state index is 0.0317. The van der Waals surface area contributed by atoms with E-state index < -0.39 is 0 Å². The summed E-state index contributed by atoms with van der Waals surface area (Å²) in [4.78, 5) is 15.4. The Morgan fingerprint density at radius 1 is 1.17 bits per heavy atom. The first-order valence-electron chi connectivity index (χ1n) is 8.17. The van der Waals surface area contributed by atoms with Crippen LogP contribution in [0.15, 0.2) is 6.33 Å². The number of halogens is 1. The lowest BCUT2D eigenvalue weighted by Gasteiger charge is -2.30. The van der Waals surface area contributed by atoms with Gasteiger partial charge in [0.05, 0.1) is 12.4 Å². The summed E-state index contributed by atoms with van der Waals surface area (Å²) >= 11 is 6.16. The molecule has 7 nitrogen and oxygen atoms in total. The van der Waals surface area contributed by atoms with E-state index in [0.29, 0.717) is 0 Å². The van der Waals surface area contributed by atoms with Crippen molar-refractivity contribution in [3.63, 3.8) is 0 Å². The van der Waals surface area contributed by atoms with E-state index in [1.165, 1.54) is 0 Å². The van der Waals surface area contributed by atoms with Gasteiger partial charge in [-0.1, -0.05) is 0 Å². The molecule has 1 unspecified atom stereocenters. The lowest BCUT2D eigenvalue weighted by atomic mass is 10.1. The maximum absolute atomic E-state index is 9.69. The molecule has 124 valence electrons. The van der Waals surface area contributed by atoms with E-state index in [2.05, 4.69) is 19.9 Å². The van der Waals surface area contributed by atoms with E-state index in [4.69, 9.17) is 16.3 Å². The van der Waals surface area contributed by atoms with E-state index in [1.807, 2.05) is 4.57 Å². The summed E-state index contributed by atoms with van der Waals surface area (Å²) in [7, 11) is 0. The second kappa shape index (κ2) is 6.22. The topological polar surface area (TPSA) is 76.3 Å². The molecular weight excluding hydrogens is 318 g/mol. The molecule has 0 amide bonds. The Bertz CT molecular complexity index is 692. The Morgan fingerprint density at radius 3 is 2.74 bits per heavy atom. The van der Waals surface area contributed by atoms with E-state index in [9.17, 15) is 5.11 Å². The van der Waals surface area contributed by atoms with Gasteiger partial charge in [0.15, 0.2) is 17.0 Å². The summed E-state index contributed by atoms with van der Waals surface area (Å²) in [6.45, 7) is 2.26. The van der Waals surface area contributed by atoms with Crippen molar-refractivity contribution in [2.24, 2.45) is 0 Å². The number of aromatic nitrogens is 4. The van der Waals surface area contributed by atoms with Gasteiger partial charge in [-0.2, -0.15) is 9.97 Å². The summed E-state index contributed by atoms with van der Waals surface area (Å²) in [6.07, 6.45) is 6.17. The molecule has 0 saturated carbocycles. The van der Waals surface area contributed by atoms with Crippen LogP contribution >= 0.6 is 11.6 Å². The van der Waals surface area contributed by atoms with E-state index >= 15 is 0 Å². The highest BCUT2D eigenvalue weighted by Crippen LogP contribution is 2.31. The van der Waals surface area contributed by atoms with Crippen LogP contribution in [0.2, 0.25) is 5.28 Å². The Hall–Kier alpha value is -1.44. The molecule has 0 aliphatic carbocycles. The lowest BCUT2D eigenvalue weighted by molar-refractivity contribution is -0.0298. The zero-order valence-electron chi connectivity index (χ0n) is 12.9. The summed E-state index contributed by atoms with van der Waals surface area (Å²) in [5, 5.41) is 9.91. The molecule has 4 heterocycles. The maximum Gasteiger partial charge on any atom is 0.226 e. The summed E-state index contributed by atoms with van der Waals surface area (Å²) < 4.78 is 7.81. The minimum Gasteiger partial charge on any atom is -0.393 e. The summed E-state index contributed by atoms with van der Waals surface area (Å²) in [5.74, 6) is 0.751. The third-order valence-corrected chi connectivity index (χ3v) is 4.77. The molecule has 2 aliphatic heterocycles. The van der Waals surface area contributed by atoms with Gasteiger partial charge >= 0.3 is 0 Å². The van der Waals surface area contributed by atoms with Gasteiger partial charge in [-0.25, -0.2) is 4.98 Å². The summed E-state index contributed by atoms with van der Waals surface area (Å²) in [6, 6.07) is 0. The van der Waals surface area contributed by atoms with Crippen LogP contribution in [-0.2, 0) is 4.74 Å². The van der Waals surface area contributed by atoms with E-state index in [1.54, 1.807) is 6.33 Å². The Labute approximate surface area is 139 Å². The average molecular weight is 338 g/mol. The van der Waals surface area contributed by atoms with Gasteiger partial charge < -0.3 is 14.7 Å². The maximum atomic E-state index is 9.69. The lowest BCUT2D eigenvalue weighted by Crippen LogP contribution is -2.36. The molecule has 2 aromatic heterocycles. The molecule has 2 fully saturated rings. The molecule has 1 atom stereocenters. The smallest absolute Gasteiger partial charge is 0.226 e. The van der Waals surface area contributed by atoms with Crippen LogP contribution in [0.4, 0.5) is 5.82 Å². The standard InChI is InChI=1S/C15H20ClN5O2/c16-15-18-13(20-6-4-10(22)5-7-20)12-14(19-15)21(9-17-12)11-3-1-2-8-23-11/h9-11,22H,1-8H2. The Morgan fingerprint density at radius 2 is 2.00 bits per heavy atom. The number of ether oxygens (including phenoxy) is 1. The number of aliphatic hydroxyl groups excluding tert-OH is 1. The first-order chi connectivity index (χ1) is 11.2. The number of rotatable bonds is 2. The largest absolute Gasteiger partial charge is 0.393 e. The molecule has 23 heavy (non-hydrogen) atoms. The second-order valence-corrected chi connectivity index (χ2v) is 6.52. The highest BCUT2D eigenvalue weighted by molar-refractivity contribution is 6.28. The predicted octanol–water partition coefficient (Wildman–Crippen LogP) is 2.14. The minimum atomic E-state index is -0.229. The fourth-order valence-corrected chi connectivity index (χ4v) is 3.49. The molecule has 2 aliphatic rings. The Balaban J connectivity index is 1.72. The number of nitrogens with zero attached hydrogens (tertiary/aromatic N) is 5. The summed E-state index contributed by atoms with van der Waals surface area (Å²) in [5.41, 5.74) is 1.47. The van der Waals surface area contributed by atoms with Crippen molar-refractivity contribution >= 4 is 28.6 Å². The molecule has 0 bridgehead atoms. The molecule has 2 aromatic rings. The van der Waals surface area contributed by atoms with Gasteiger partial charge in [-0.15, -0.1) is 0 Å². The fourth-order valence-electron chi connectivity index (χ4n) is 3.33. The first kappa shape index (κ1) is 15.1. The number of hydrogen-bond acceptors (Lipinski definition) is 6. The highest BCUT2D eigenvalue weighted by atomic mass is 35.5. The van der Waals surface area contributed by atoms with Crippen molar-refractivity contribution in [3.05, 3.63) is 11.6 Å². The van der Waals surface area contributed by atoms with Gasteiger partial charge in [-0.05, 0) is 43.7 Å². The van der Waals surface area contributed by atoms with Crippen LogP contribution in [0.1, 0.15) is 38.3 Å². The zero-order chi connectivity index (χ0) is 15.8. The first-order valence-corrected chi connectivity index (χ1v) is 8.55. The van der Waals surface area contributed by atoms with Gasteiger partial charge in [0.25, 0.3) is 0 Å². The van der Waals surface area contributed by atoms with Gasteiger partial charge in [-0.3, -0.25) is 4.57 Å². The van der Waals surface area contributed by atoms with Crippen LogP contribution in [0.3, 0.4) is 0 Å². The third-order valence-electron chi connectivity index (χ3n) is 4.61. The number of fused-ring (bicyclic) bond motifs is 1. The normalized spacial score (nSPS) is 23.6. The molecule has 4 rings (SSSR count). The van der Waals surface area contributed by atoms with Crippen LogP contribution in [0.5, 0.6) is 0 Å². The number of piperidine rings is 1. The van der Waals surface area contributed by atoms with Crippen LogP contribution < -0.4 is 4.90 Å². The second-order valence-electron chi connectivity index (χ2n) is 6.18. The average Bonchev–Trinajstić information content (AvgIpc) is 2.99. The van der Waals surface area contributed by atoms with E-state index in [-0.39, 0.29) is 17.6 Å². The Kier molecular flexibility index (Phi) is 4.09. The number of aliphatic hydroxyl groups is 1. The van der Waals surface area contributed by atoms with Crippen molar-refractivity contribution in [3.8, 4) is 0 Å². The zero-order valence-corrected chi connectivity index (χ0v) is 13.6. The third kappa shape index (κ3) is 2.88. The quantitative estimate of drug-likeness (QED) is 0.846. The van der Waals surface area contributed by atoms with E-state index in [0.717, 1.165) is 68.8 Å². The van der Waals surface area contributed by atoms with Crippen molar-refractivity contribution < 1.29 is 9.84 Å². The van der Waals surface area contributed by atoms with Crippen LogP contribution in [0, 0.1) is 0 Å². The van der Waals surface area contributed by atoms with Crippen molar-refractivity contribution in [1.29, 1.82) is 0 Å². The van der Waals surface area contributed by atoms with Crippen LogP contribution in [0.25, 0.3) is 11.2 Å².